The summed E-state index contributed by atoms with van der Waals surface area (Å²) in [6.07, 6.45) is 5.72. The van der Waals surface area contributed by atoms with Gasteiger partial charge in [0.15, 0.2) is 5.96 Å². The number of nitrogens with one attached hydrogen (secondary N) is 2. The van der Waals surface area contributed by atoms with Gasteiger partial charge in [-0.1, -0.05) is 6.92 Å². The van der Waals surface area contributed by atoms with Gasteiger partial charge < -0.3 is 16.4 Å². The summed E-state index contributed by atoms with van der Waals surface area (Å²) in [4.78, 5) is 4.25. The molecule has 0 radical (unpaired) electrons. The van der Waals surface area contributed by atoms with E-state index in [1.165, 1.54) is 12.8 Å². The van der Waals surface area contributed by atoms with Crippen molar-refractivity contribution in [2.45, 2.75) is 63.7 Å². The van der Waals surface area contributed by atoms with E-state index in [2.05, 4.69) is 22.5 Å². The topological polar surface area (TPSA) is 62.4 Å². The highest BCUT2D eigenvalue weighted by Crippen LogP contribution is 2.38. The number of guanidine groups is 1. The molecule has 1 saturated carbocycles. The highest BCUT2D eigenvalue weighted by Gasteiger charge is 2.40. The van der Waals surface area contributed by atoms with Crippen LogP contribution in [0.25, 0.3) is 0 Å². The smallest absolute Gasteiger partial charge is 0.188 e. The quantitative estimate of drug-likeness (QED) is 0.728. The molecule has 0 aromatic heterocycles. The number of piperidine rings is 1. The first-order valence-corrected chi connectivity index (χ1v) is 8.59. The second-order valence-corrected chi connectivity index (χ2v) is 7.16. The number of hydrogen-bond donors (Lipinski definition) is 3. The molecule has 2 heterocycles. The summed E-state index contributed by atoms with van der Waals surface area (Å²) in [6, 6.07) is 0.941. The van der Waals surface area contributed by atoms with Gasteiger partial charge in [0.1, 0.15) is 6.17 Å². The third-order valence-corrected chi connectivity index (χ3v) is 5.74. The van der Waals surface area contributed by atoms with Crippen molar-refractivity contribution in [1.29, 1.82) is 0 Å². The number of nitrogens with two attached hydrogens (primary N) is 1. The lowest BCUT2D eigenvalue weighted by atomic mass is 9.70. The van der Waals surface area contributed by atoms with Crippen LogP contribution in [0, 0.1) is 17.8 Å². The molecule has 2 fully saturated rings. The summed E-state index contributed by atoms with van der Waals surface area (Å²) in [5.41, 5.74) is 5.86. The van der Waals surface area contributed by atoms with Crippen molar-refractivity contribution in [1.82, 2.24) is 10.6 Å². The van der Waals surface area contributed by atoms with Crippen molar-refractivity contribution >= 4 is 5.96 Å². The Morgan fingerprint density at radius 3 is 2.86 bits per heavy atom. The minimum atomic E-state index is -0.598. The zero-order valence-corrected chi connectivity index (χ0v) is 13.0. The predicted molar refractivity (Wildman–Crippen MR) is 83.9 cm³/mol. The van der Waals surface area contributed by atoms with Gasteiger partial charge in [-0.05, 0) is 62.8 Å². The second-order valence-electron chi connectivity index (χ2n) is 7.16. The highest BCUT2D eigenvalue weighted by molar-refractivity contribution is 5.78. The largest absolute Gasteiger partial charge is 0.370 e. The third-order valence-electron chi connectivity index (χ3n) is 5.74. The number of alkyl halides is 1. The molecule has 3 aliphatic rings. The van der Waals surface area contributed by atoms with Crippen LogP contribution in [0.5, 0.6) is 0 Å². The first kappa shape index (κ1) is 15.1. The van der Waals surface area contributed by atoms with Gasteiger partial charge in [-0.25, -0.2) is 4.39 Å². The van der Waals surface area contributed by atoms with Crippen molar-refractivity contribution in [3.63, 3.8) is 0 Å². The van der Waals surface area contributed by atoms with Gasteiger partial charge in [-0.2, -0.15) is 0 Å². The van der Waals surface area contributed by atoms with Crippen LogP contribution in [0.15, 0.2) is 4.99 Å². The fourth-order valence-corrected chi connectivity index (χ4v) is 4.59. The standard InChI is InChI=1S/C16H29FN4/c1-10-9-11(4-5-13(10)17)15-12(3-2-7-19-15)14-6-8-20-16(18)21-14/h10-15,19H,2-9H2,1H3,(H3,18,20,21). The molecule has 0 aromatic carbocycles. The Balaban J connectivity index is 1.68. The van der Waals surface area contributed by atoms with Crippen LogP contribution in [-0.4, -0.2) is 37.3 Å². The Morgan fingerprint density at radius 2 is 2.10 bits per heavy atom. The molecule has 21 heavy (non-hydrogen) atoms. The fourth-order valence-electron chi connectivity index (χ4n) is 4.59. The van der Waals surface area contributed by atoms with Gasteiger partial charge in [0.2, 0.25) is 0 Å². The van der Waals surface area contributed by atoms with Crippen molar-refractivity contribution < 1.29 is 4.39 Å². The number of aliphatic imine (C=N–C) groups is 1. The van der Waals surface area contributed by atoms with Crippen molar-refractivity contribution in [2.75, 3.05) is 13.1 Å². The molecule has 1 aliphatic carbocycles. The maximum Gasteiger partial charge on any atom is 0.188 e. The number of rotatable bonds is 2. The van der Waals surface area contributed by atoms with Crippen LogP contribution in [0.3, 0.4) is 0 Å². The van der Waals surface area contributed by atoms with Crippen LogP contribution in [0.1, 0.15) is 45.4 Å². The lowest BCUT2D eigenvalue weighted by Gasteiger charge is -2.45. The minimum Gasteiger partial charge on any atom is -0.370 e. The second kappa shape index (κ2) is 6.51. The molecule has 6 unspecified atom stereocenters. The van der Waals surface area contributed by atoms with Crippen LogP contribution < -0.4 is 16.4 Å². The summed E-state index contributed by atoms with van der Waals surface area (Å²) in [5.74, 6) is 2.01. The predicted octanol–water partition coefficient (Wildman–Crippen LogP) is 1.81. The normalized spacial score (nSPS) is 44.8. The zero-order chi connectivity index (χ0) is 14.8. The molecule has 3 rings (SSSR count). The molecule has 0 spiro atoms. The molecule has 0 aromatic rings. The van der Waals surface area contributed by atoms with Crippen LogP contribution in [-0.2, 0) is 0 Å². The van der Waals surface area contributed by atoms with E-state index in [1.807, 2.05) is 0 Å². The van der Waals surface area contributed by atoms with Crippen molar-refractivity contribution in [3.8, 4) is 0 Å². The maximum atomic E-state index is 13.8. The summed E-state index contributed by atoms with van der Waals surface area (Å²) in [7, 11) is 0. The lowest BCUT2D eigenvalue weighted by Crippen LogP contribution is -2.57. The van der Waals surface area contributed by atoms with Crippen LogP contribution >= 0.6 is 0 Å². The van der Waals surface area contributed by atoms with Crippen molar-refractivity contribution in [2.24, 2.45) is 28.5 Å². The minimum absolute atomic E-state index is 0.207. The van der Waals surface area contributed by atoms with Gasteiger partial charge in [-0.15, -0.1) is 0 Å². The van der Waals surface area contributed by atoms with Crippen molar-refractivity contribution in [3.05, 3.63) is 0 Å². The lowest BCUT2D eigenvalue weighted by molar-refractivity contribution is 0.0811. The fraction of sp³-hybridized carbons (Fsp3) is 0.938. The Morgan fingerprint density at radius 1 is 1.24 bits per heavy atom. The molecular formula is C16H29FN4. The van der Waals surface area contributed by atoms with Crippen LogP contribution in [0.4, 0.5) is 4.39 Å². The summed E-state index contributed by atoms with van der Waals surface area (Å²) in [5, 5.41) is 7.13. The average molecular weight is 296 g/mol. The first-order chi connectivity index (χ1) is 10.1. The van der Waals surface area contributed by atoms with E-state index in [-0.39, 0.29) is 5.92 Å². The number of halogens is 1. The molecular weight excluding hydrogens is 267 g/mol. The van der Waals surface area contributed by atoms with Gasteiger partial charge in [0.25, 0.3) is 0 Å². The van der Waals surface area contributed by atoms with Gasteiger partial charge >= 0.3 is 0 Å². The SMILES string of the molecule is CC1CC(C2NCCCC2C2CCN=C(N)N2)CCC1F. The Kier molecular flexibility index (Phi) is 4.67. The first-order valence-electron chi connectivity index (χ1n) is 8.59. The number of hydrogen-bond acceptors (Lipinski definition) is 4. The zero-order valence-electron chi connectivity index (χ0n) is 13.0. The summed E-state index contributed by atoms with van der Waals surface area (Å²) in [6.45, 7) is 4.00. The molecule has 6 atom stereocenters. The molecule has 0 amide bonds. The molecule has 4 N–H and O–H groups in total. The molecule has 0 bridgehead atoms. The van der Waals surface area contributed by atoms with E-state index in [4.69, 9.17) is 5.73 Å². The van der Waals surface area contributed by atoms with Crippen LogP contribution in [0.2, 0.25) is 0 Å². The molecule has 4 nitrogen and oxygen atoms in total. The molecule has 120 valence electrons. The maximum absolute atomic E-state index is 13.8. The van der Waals surface area contributed by atoms with E-state index in [1.54, 1.807) is 0 Å². The molecule has 2 aliphatic heterocycles. The summed E-state index contributed by atoms with van der Waals surface area (Å²) < 4.78 is 13.8. The van der Waals surface area contributed by atoms with Gasteiger partial charge in [0, 0.05) is 18.6 Å². The van der Waals surface area contributed by atoms with E-state index in [0.29, 0.717) is 29.9 Å². The Bertz CT molecular complexity index is 386. The molecule has 1 saturated heterocycles. The number of nitrogens with zero attached hydrogens (tertiary/aromatic N) is 1. The van der Waals surface area contributed by atoms with E-state index in [9.17, 15) is 4.39 Å². The Hall–Kier alpha value is -0.840. The van der Waals surface area contributed by atoms with Gasteiger partial charge in [-0.3, -0.25) is 4.99 Å². The third kappa shape index (κ3) is 3.33. The van der Waals surface area contributed by atoms with E-state index >= 15 is 0 Å². The molecule has 5 heteroatoms. The highest BCUT2D eigenvalue weighted by atomic mass is 19.1. The summed E-state index contributed by atoms with van der Waals surface area (Å²) >= 11 is 0. The van der Waals surface area contributed by atoms with Gasteiger partial charge in [0.05, 0.1) is 0 Å². The average Bonchev–Trinajstić information content (AvgIpc) is 2.50. The van der Waals surface area contributed by atoms with E-state index < -0.39 is 6.17 Å². The Labute approximate surface area is 127 Å². The van der Waals surface area contributed by atoms with E-state index in [0.717, 1.165) is 38.8 Å². The monoisotopic (exact) mass is 296 g/mol.